The van der Waals surface area contributed by atoms with E-state index in [0.29, 0.717) is 11.1 Å². The third-order valence-corrected chi connectivity index (χ3v) is 2.66. The maximum atomic E-state index is 11.5. The van der Waals surface area contributed by atoms with Crippen LogP contribution < -0.4 is 0 Å². The maximum Gasteiger partial charge on any atom is 0.340 e. The Hall–Kier alpha value is -1.97. The number of aryl methyl sites for hydroxylation is 2. The van der Waals surface area contributed by atoms with E-state index in [1.54, 1.807) is 0 Å². The molecule has 2 aromatic rings. The Morgan fingerprint density at radius 3 is 2.62 bits per heavy atom. The lowest BCUT2D eigenvalue weighted by Crippen LogP contribution is -2.04. The van der Waals surface area contributed by atoms with Crippen LogP contribution in [0.4, 0.5) is 0 Å². The van der Waals surface area contributed by atoms with E-state index in [9.17, 15) is 4.79 Å². The van der Waals surface area contributed by atoms with Crippen molar-refractivity contribution in [2.24, 2.45) is 0 Å². The minimum absolute atomic E-state index is 0.386. The van der Waals surface area contributed by atoms with Gasteiger partial charge in [-0.2, -0.15) is 10.2 Å². The molecule has 0 aliphatic rings. The average molecular weight is 216 g/mol. The minimum atomic E-state index is -0.386. The van der Waals surface area contributed by atoms with Gasteiger partial charge >= 0.3 is 5.97 Å². The molecule has 0 unspecified atom stereocenters. The molecule has 16 heavy (non-hydrogen) atoms. The first kappa shape index (κ1) is 10.5. The molecule has 4 nitrogen and oxygen atoms in total. The number of fused-ring (bicyclic) bond motifs is 1. The number of ether oxygens (including phenoxy) is 1. The molecule has 4 heteroatoms. The molecular formula is C12H12N2O2. The van der Waals surface area contributed by atoms with Gasteiger partial charge in [0.05, 0.1) is 24.4 Å². The van der Waals surface area contributed by atoms with Gasteiger partial charge in [-0.05, 0) is 37.1 Å². The van der Waals surface area contributed by atoms with Crippen LogP contribution in [0.25, 0.3) is 10.9 Å². The topological polar surface area (TPSA) is 52.1 Å². The van der Waals surface area contributed by atoms with Crippen molar-refractivity contribution in [3.63, 3.8) is 0 Å². The lowest BCUT2D eigenvalue weighted by atomic mass is 10.0. The molecule has 0 aliphatic heterocycles. The fourth-order valence-electron chi connectivity index (χ4n) is 1.59. The number of hydrogen-bond donors (Lipinski definition) is 0. The molecule has 0 N–H and O–H groups in total. The van der Waals surface area contributed by atoms with Crippen molar-refractivity contribution >= 4 is 16.9 Å². The van der Waals surface area contributed by atoms with Crippen LogP contribution in [0.2, 0.25) is 0 Å². The maximum absolute atomic E-state index is 11.5. The summed E-state index contributed by atoms with van der Waals surface area (Å²) in [5.74, 6) is -0.386. The number of benzene rings is 1. The first-order chi connectivity index (χ1) is 7.63. The molecule has 0 spiro atoms. The molecule has 0 radical (unpaired) electrons. The zero-order valence-corrected chi connectivity index (χ0v) is 9.44. The van der Waals surface area contributed by atoms with Gasteiger partial charge in [-0.25, -0.2) is 4.79 Å². The second-order valence-corrected chi connectivity index (χ2v) is 3.70. The van der Waals surface area contributed by atoms with Crippen LogP contribution in [-0.2, 0) is 4.74 Å². The molecule has 0 fully saturated rings. The van der Waals surface area contributed by atoms with Gasteiger partial charge in [-0.1, -0.05) is 0 Å². The van der Waals surface area contributed by atoms with Crippen LogP contribution in [0.1, 0.15) is 21.5 Å². The zero-order chi connectivity index (χ0) is 11.7. The number of rotatable bonds is 1. The summed E-state index contributed by atoms with van der Waals surface area (Å²) < 4.78 is 4.71. The van der Waals surface area contributed by atoms with E-state index in [1.807, 2.05) is 26.0 Å². The number of methoxy groups -OCH3 is 1. The molecule has 0 aliphatic carbocycles. The zero-order valence-electron chi connectivity index (χ0n) is 9.44. The third kappa shape index (κ3) is 1.62. The Bertz CT molecular complexity index is 564. The molecule has 2 rings (SSSR count). The highest BCUT2D eigenvalue weighted by molar-refractivity contribution is 6.03. The van der Waals surface area contributed by atoms with E-state index >= 15 is 0 Å². The van der Waals surface area contributed by atoms with Crippen molar-refractivity contribution in [2.45, 2.75) is 13.8 Å². The van der Waals surface area contributed by atoms with E-state index in [1.165, 1.54) is 13.3 Å². The fourth-order valence-corrected chi connectivity index (χ4v) is 1.59. The number of hydrogen-bond acceptors (Lipinski definition) is 4. The van der Waals surface area contributed by atoms with Crippen molar-refractivity contribution in [1.82, 2.24) is 10.2 Å². The lowest BCUT2D eigenvalue weighted by molar-refractivity contribution is 0.0602. The Kier molecular flexibility index (Phi) is 2.56. The van der Waals surface area contributed by atoms with Gasteiger partial charge in [0, 0.05) is 5.39 Å². The van der Waals surface area contributed by atoms with Crippen LogP contribution in [0.5, 0.6) is 0 Å². The summed E-state index contributed by atoms with van der Waals surface area (Å²) in [7, 11) is 1.36. The Labute approximate surface area is 93.3 Å². The van der Waals surface area contributed by atoms with Gasteiger partial charge < -0.3 is 4.74 Å². The molecule has 0 atom stereocenters. The lowest BCUT2D eigenvalue weighted by Gasteiger charge is -2.06. The number of nitrogens with zero attached hydrogens (tertiary/aromatic N) is 2. The van der Waals surface area contributed by atoms with E-state index < -0.39 is 0 Å². The monoisotopic (exact) mass is 216 g/mol. The van der Waals surface area contributed by atoms with Crippen molar-refractivity contribution in [1.29, 1.82) is 0 Å². The van der Waals surface area contributed by atoms with Gasteiger partial charge in [0.15, 0.2) is 0 Å². The Morgan fingerprint density at radius 2 is 1.94 bits per heavy atom. The smallest absolute Gasteiger partial charge is 0.340 e. The fraction of sp³-hybridized carbons (Fsp3) is 0.250. The van der Waals surface area contributed by atoms with Gasteiger partial charge in [0.25, 0.3) is 0 Å². The van der Waals surface area contributed by atoms with E-state index in [2.05, 4.69) is 10.2 Å². The van der Waals surface area contributed by atoms with Crippen LogP contribution >= 0.6 is 0 Å². The normalized spacial score (nSPS) is 10.4. The molecule has 1 aromatic heterocycles. The van der Waals surface area contributed by atoms with Crippen LogP contribution in [0, 0.1) is 13.8 Å². The van der Waals surface area contributed by atoms with Gasteiger partial charge in [0.1, 0.15) is 0 Å². The number of aromatic nitrogens is 2. The summed E-state index contributed by atoms with van der Waals surface area (Å²) in [6.45, 7) is 4.00. The highest BCUT2D eigenvalue weighted by Crippen LogP contribution is 2.20. The average Bonchev–Trinajstić information content (AvgIpc) is 2.29. The molecule has 1 aromatic carbocycles. The molecule has 82 valence electrons. The summed E-state index contributed by atoms with van der Waals surface area (Å²) >= 11 is 0. The quantitative estimate of drug-likeness (QED) is 0.684. The largest absolute Gasteiger partial charge is 0.465 e. The summed E-state index contributed by atoms with van der Waals surface area (Å²) in [6, 6.07) is 3.86. The van der Waals surface area contributed by atoms with E-state index in [4.69, 9.17) is 4.74 Å². The predicted molar refractivity (Wildman–Crippen MR) is 60.4 cm³/mol. The van der Waals surface area contributed by atoms with Gasteiger partial charge in [-0.15, -0.1) is 0 Å². The Morgan fingerprint density at radius 1 is 1.25 bits per heavy atom. The molecule has 1 heterocycles. The second-order valence-electron chi connectivity index (χ2n) is 3.70. The van der Waals surface area contributed by atoms with E-state index in [0.717, 1.165) is 16.5 Å². The van der Waals surface area contributed by atoms with Crippen LogP contribution in [0.15, 0.2) is 18.3 Å². The highest BCUT2D eigenvalue weighted by Gasteiger charge is 2.12. The number of carbonyl (C=O) groups is 1. The molecule has 0 bridgehead atoms. The molecular weight excluding hydrogens is 204 g/mol. The summed E-state index contributed by atoms with van der Waals surface area (Å²) in [5.41, 5.74) is 3.41. The highest BCUT2D eigenvalue weighted by atomic mass is 16.5. The molecule has 0 saturated carbocycles. The molecule has 0 amide bonds. The van der Waals surface area contributed by atoms with Gasteiger partial charge in [-0.3, -0.25) is 0 Å². The third-order valence-electron chi connectivity index (χ3n) is 2.66. The number of esters is 1. The summed E-state index contributed by atoms with van der Waals surface area (Å²) in [4.78, 5) is 11.5. The van der Waals surface area contributed by atoms with Crippen molar-refractivity contribution < 1.29 is 9.53 Å². The minimum Gasteiger partial charge on any atom is -0.465 e. The predicted octanol–water partition coefficient (Wildman–Crippen LogP) is 2.03. The second kappa shape index (κ2) is 3.89. The summed E-state index contributed by atoms with van der Waals surface area (Å²) in [5, 5.41) is 8.59. The number of carbonyl (C=O) groups excluding carboxylic acids is 1. The van der Waals surface area contributed by atoms with Crippen LogP contribution in [0.3, 0.4) is 0 Å². The van der Waals surface area contributed by atoms with Crippen LogP contribution in [-0.4, -0.2) is 23.3 Å². The Balaban J connectivity index is 2.77. The first-order valence-electron chi connectivity index (χ1n) is 4.94. The van der Waals surface area contributed by atoms with Crippen molar-refractivity contribution in [3.8, 4) is 0 Å². The van der Waals surface area contributed by atoms with Gasteiger partial charge in [0.2, 0.25) is 0 Å². The standard InChI is InChI=1S/C12H12N2O2/c1-7-4-9-10(12(15)16-3)6-13-14-11(9)5-8(7)2/h4-6H,1-3H3. The van der Waals surface area contributed by atoms with Crippen molar-refractivity contribution in [3.05, 3.63) is 35.0 Å². The first-order valence-corrected chi connectivity index (χ1v) is 4.94. The summed E-state index contributed by atoms with van der Waals surface area (Å²) in [6.07, 6.45) is 1.43. The van der Waals surface area contributed by atoms with Crippen molar-refractivity contribution in [2.75, 3.05) is 7.11 Å². The molecule has 0 saturated heterocycles. The SMILES string of the molecule is COC(=O)c1cnnc2cc(C)c(C)cc12. The van der Waals surface area contributed by atoms with E-state index in [-0.39, 0.29) is 5.97 Å².